The maximum absolute atomic E-state index is 13.1. The van der Waals surface area contributed by atoms with Crippen LogP contribution >= 0.6 is 0 Å². The Kier molecular flexibility index (Phi) is 3.67. The number of sulfonamides is 1. The Balaban J connectivity index is 2.46. The lowest BCUT2D eigenvalue weighted by Crippen LogP contribution is -2.15. The molecule has 0 heterocycles. The number of nitrogens with one attached hydrogen (secondary N) is 1. The first-order valence-corrected chi connectivity index (χ1v) is 7.43. The van der Waals surface area contributed by atoms with E-state index in [1.165, 1.54) is 24.3 Å². The van der Waals surface area contributed by atoms with Gasteiger partial charge in [0.25, 0.3) is 10.0 Å². The van der Waals surface area contributed by atoms with Gasteiger partial charge in [-0.1, -0.05) is 6.07 Å². The summed E-state index contributed by atoms with van der Waals surface area (Å²) in [6.07, 6.45) is 0. The van der Waals surface area contributed by atoms with Crippen LogP contribution in [0.5, 0.6) is 0 Å². The Bertz CT molecular complexity index is 758. The summed E-state index contributed by atoms with van der Waals surface area (Å²) in [7, 11) is -3.80. The van der Waals surface area contributed by atoms with Crippen LogP contribution in [-0.2, 0) is 10.0 Å². The van der Waals surface area contributed by atoms with Gasteiger partial charge >= 0.3 is 0 Å². The SMILES string of the molecule is Cc1cc(N)cc(S(=O)(=O)Nc2cccc(F)c2)c1C. The van der Waals surface area contributed by atoms with Gasteiger partial charge in [0.05, 0.1) is 10.6 Å². The van der Waals surface area contributed by atoms with E-state index in [1.807, 2.05) is 0 Å². The van der Waals surface area contributed by atoms with E-state index in [2.05, 4.69) is 4.72 Å². The molecule has 0 aliphatic carbocycles. The highest BCUT2D eigenvalue weighted by Crippen LogP contribution is 2.24. The summed E-state index contributed by atoms with van der Waals surface area (Å²) in [4.78, 5) is 0.0965. The molecule has 0 aliphatic rings. The standard InChI is InChI=1S/C14H15FN2O2S/c1-9-6-12(16)8-14(10(9)2)20(18,19)17-13-5-3-4-11(15)7-13/h3-8,17H,16H2,1-2H3. The Morgan fingerprint density at radius 1 is 1.15 bits per heavy atom. The van der Waals surface area contributed by atoms with E-state index < -0.39 is 15.8 Å². The van der Waals surface area contributed by atoms with Crippen LogP contribution in [0, 0.1) is 19.7 Å². The van der Waals surface area contributed by atoms with Gasteiger partial charge in [0.15, 0.2) is 0 Å². The first kappa shape index (κ1) is 14.3. The Labute approximate surface area is 117 Å². The quantitative estimate of drug-likeness (QED) is 0.855. The van der Waals surface area contributed by atoms with E-state index in [1.54, 1.807) is 19.9 Å². The molecule has 0 saturated heterocycles. The van der Waals surface area contributed by atoms with Crippen molar-refractivity contribution in [3.63, 3.8) is 0 Å². The largest absolute Gasteiger partial charge is 0.399 e. The van der Waals surface area contributed by atoms with Crippen molar-refractivity contribution < 1.29 is 12.8 Å². The highest BCUT2D eigenvalue weighted by molar-refractivity contribution is 7.92. The maximum Gasteiger partial charge on any atom is 0.262 e. The molecule has 0 spiro atoms. The van der Waals surface area contributed by atoms with Crippen molar-refractivity contribution in [2.75, 3.05) is 10.5 Å². The van der Waals surface area contributed by atoms with Gasteiger partial charge in [0.2, 0.25) is 0 Å². The summed E-state index contributed by atoms with van der Waals surface area (Å²) < 4.78 is 40.1. The fourth-order valence-electron chi connectivity index (χ4n) is 1.90. The topological polar surface area (TPSA) is 72.2 Å². The smallest absolute Gasteiger partial charge is 0.262 e. The summed E-state index contributed by atoms with van der Waals surface area (Å²) in [5.41, 5.74) is 7.63. The van der Waals surface area contributed by atoms with Crippen LogP contribution < -0.4 is 10.5 Å². The summed E-state index contributed by atoms with van der Waals surface area (Å²) >= 11 is 0. The monoisotopic (exact) mass is 294 g/mol. The molecule has 4 nitrogen and oxygen atoms in total. The van der Waals surface area contributed by atoms with Gasteiger partial charge in [-0.15, -0.1) is 0 Å². The number of nitrogen functional groups attached to an aromatic ring is 1. The zero-order valence-electron chi connectivity index (χ0n) is 11.1. The summed E-state index contributed by atoms with van der Waals surface area (Å²) in [6.45, 7) is 3.49. The lowest BCUT2D eigenvalue weighted by molar-refractivity contribution is 0.600. The molecule has 0 fully saturated rings. The minimum atomic E-state index is -3.80. The van der Waals surface area contributed by atoms with Crippen LogP contribution in [0.3, 0.4) is 0 Å². The van der Waals surface area contributed by atoms with Gasteiger partial charge in [-0.3, -0.25) is 4.72 Å². The molecule has 2 rings (SSSR count). The van der Waals surface area contributed by atoms with Crippen molar-refractivity contribution >= 4 is 21.4 Å². The Morgan fingerprint density at radius 2 is 1.85 bits per heavy atom. The highest BCUT2D eigenvalue weighted by Gasteiger charge is 2.19. The van der Waals surface area contributed by atoms with Crippen molar-refractivity contribution in [1.29, 1.82) is 0 Å². The van der Waals surface area contributed by atoms with Crippen molar-refractivity contribution in [2.45, 2.75) is 18.7 Å². The maximum atomic E-state index is 13.1. The fraction of sp³-hybridized carbons (Fsp3) is 0.143. The third kappa shape index (κ3) is 2.91. The highest BCUT2D eigenvalue weighted by atomic mass is 32.2. The third-order valence-electron chi connectivity index (χ3n) is 3.01. The van der Waals surface area contributed by atoms with E-state index >= 15 is 0 Å². The molecule has 0 aromatic heterocycles. The summed E-state index contributed by atoms with van der Waals surface area (Å²) in [5.74, 6) is -0.509. The predicted molar refractivity (Wildman–Crippen MR) is 77.5 cm³/mol. The number of benzene rings is 2. The Morgan fingerprint density at radius 3 is 2.50 bits per heavy atom. The van der Waals surface area contributed by atoms with E-state index in [9.17, 15) is 12.8 Å². The molecule has 0 radical (unpaired) electrons. The Hall–Kier alpha value is -2.08. The molecule has 106 valence electrons. The van der Waals surface area contributed by atoms with Crippen LogP contribution in [0.4, 0.5) is 15.8 Å². The van der Waals surface area contributed by atoms with Gasteiger partial charge < -0.3 is 5.73 Å². The minimum absolute atomic E-state index is 0.0965. The molecule has 20 heavy (non-hydrogen) atoms. The second kappa shape index (κ2) is 5.13. The van der Waals surface area contributed by atoms with Crippen molar-refractivity contribution in [3.05, 3.63) is 53.3 Å². The molecular formula is C14H15FN2O2S. The van der Waals surface area contributed by atoms with E-state index in [4.69, 9.17) is 5.73 Å². The number of hydrogen-bond donors (Lipinski definition) is 2. The van der Waals surface area contributed by atoms with Gasteiger partial charge in [0.1, 0.15) is 5.82 Å². The van der Waals surface area contributed by atoms with E-state index in [0.29, 0.717) is 11.3 Å². The average Bonchev–Trinajstić information content (AvgIpc) is 2.33. The molecule has 0 aliphatic heterocycles. The second-order valence-electron chi connectivity index (χ2n) is 4.58. The number of aryl methyl sites for hydroxylation is 1. The number of nitrogens with two attached hydrogens (primary N) is 1. The molecule has 6 heteroatoms. The fourth-order valence-corrected chi connectivity index (χ4v) is 3.30. The van der Waals surface area contributed by atoms with Crippen LogP contribution in [0.2, 0.25) is 0 Å². The lowest BCUT2D eigenvalue weighted by Gasteiger charge is -2.13. The van der Waals surface area contributed by atoms with Gasteiger partial charge in [0, 0.05) is 5.69 Å². The predicted octanol–water partition coefficient (Wildman–Crippen LogP) is 2.83. The van der Waals surface area contributed by atoms with Crippen molar-refractivity contribution in [1.82, 2.24) is 0 Å². The number of halogens is 1. The molecule has 3 N–H and O–H groups in total. The zero-order valence-corrected chi connectivity index (χ0v) is 12.0. The molecule has 0 saturated carbocycles. The van der Waals surface area contributed by atoms with Gasteiger partial charge in [-0.05, 0) is 55.3 Å². The van der Waals surface area contributed by atoms with Crippen molar-refractivity contribution in [3.8, 4) is 0 Å². The summed E-state index contributed by atoms with van der Waals surface area (Å²) in [6, 6.07) is 8.38. The van der Waals surface area contributed by atoms with Crippen molar-refractivity contribution in [2.24, 2.45) is 0 Å². The zero-order chi connectivity index (χ0) is 14.9. The van der Waals surface area contributed by atoms with E-state index in [-0.39, 0.29) is 10.6 Å². The number of anilines is 2. The molecule has 0 bridgehead atoms. The molecule has 2 aromatic rings. The third-order valence-corrected chi connectivity index (χ3v) is 4.52. The first-order valence-electron chi connectivity index (χ1n) is 5.95. The molecule has 2 aromatic carbocycles. The minimum Gasteiger partial charge on any atom is -0.399 e. The normalized spacial score (nSPS) is 11.3. The molecule has 0 unspecified atom stereocenters. The second-order valence-corrected chi connectivity index (χ2v) is 6.23. The van der Waals surface area contributed by atoms with Gasteiger partial charge in [-0.25, -0.2) is 12.8 Å². The molecular weight excluding hydrogens is 279 g/mol. The lowest BCUT2D eigenvalue weighted by atomic mass is 10.1. The van der Waals surface area contributed by atoms with Crippen LogP contribution in [0.15, 0.2) is 41.3 Å². The number of hydrogen-bond acceptors (Lipinski definition) is 3. The molecule has 0 amide bonds. The summed E-state index contributed by atoms with van der Waals surface area (Å²) in [5, 5.41) is 0. The number of rotatable bonds is 3. The van der Waals surface area contributed by atoms with Crippen LogP contribution in [0.1, 0.15) is 11.1 Å². The van der Waals surface area contributed by atoms with Crippen LogP contribution in [-0.4, -0.2) is 8.42 Å². The molecule has 0 atom stereocenters. The van der Waals surface area contributed by atoms with Crippen LogP contribution in [0.25, 0.3) is 0 Å². The van der Waals surface area contributed by atoms with E-state index in [0.717, 1.165) is 11.6 Å². The van der Waals surface area contributed by atoms with Gasteiger partial charge in [-0.2, -0.15) is 0 Å². The first-order chi connectivity index (χ1) is 9.29. The average molecular weight is 294 g/mol.